The van der Waals surface area contributed by atoms with E-state index >= 15 is 0 Å². The molecular weight excluding hydrogens is 409 g/mol. The molecule has 0 saturated carbocycles. The first-order chi connectivity index (χ1) is 14.0. The van der Waals surface area contributed by atoms with Crippen molar-refractivity contribution >= 4 is 40.6 Å². The van der Waals surface area contributed by atoms with Gasteiger partial charge >= 0.3 is 0 Å². The van der Waals surface area contributed by atoms with Gasteiger partial charge in [-0.05, 0) is 42.8 Å². The zero-order chi connectivity index (χ0) is 20.4. The number of aromatic nitrogens is 2. The van der Waals surface area contributed by atoms with E-state index < -0.39 is 0 Å². The molecule has 4 rings (SSSR count). The number of carbonyl (C=O) groups is 1. The van der Waals surface area contributed by atoms with E-state index in [1.54, 1.807) is 18.2 Å². The molecule has 0 aliphatic heterocycles. The van der Waals surface area contributed by atoms with Crippen LogP contribution in [0.1, 0.15) is 5.56 Å². The molecule has 0 bridgehead atoms. The Hall–Kier alpha value is -3.02. The zero-order valence-corrected chi connectivity index (χ0v) is 17.0. The highest BCUT2D eigenvalue weighted by Crippen LogP contribution is 2.30. The van der Waals surface area contributed by atoms with Gasteiger partial charge in [-0.2, -0.15) is 0 Å². The number of anilines is 1. The molecule has 5 nitrogen and oxygen atoms in total. The van der Waals surface area contributed by atoms with Crippen molar-refractivity contribution in [3.8, 4) is 17.0 Å². The van der Waals surface area contributed by atoms with Crippen LogP contribution in [0.25, 0.3) is 16.9 Å². The average molecular weight is 426 g/mol. The van der Waals surface area contributed by atoms with Gasteiger partial charge in [0.15, 0.2) is 6.61 Å². The molecule has 29 heavy (non-hydrogen) atoms. The minimum Gasteiger partial charge on any atom is -0.482 e. The number of fused-ring (bicyclic) bond motifs is 1. The molecular formula is C22H17Cl2N3O2. The molecule has 0 fully saturated rings. The molecule has 0 aliphatic carbocycles. The van der Waals surface area contributed by atoms with Crippen molar-refractivity contribution in [3.63, 3.8) is 0 Å². The van der Waals surface area contributed by atoms with E-state index in [2.05, 4.69) is 5.32 Å². The summed E-state index contributed by atoms with van der Waals surface area (Å²) in [6.45, 7) is 1.80. The summed E-state index contributed by atoms with van der Waals surface area (Å²) in [5.41, 5.74) is 3.43. The van der Waals surface area contributed by atoms with Crippen molar-refractivity contribution in [1.29, 1.82) is 0 Å². The van der Waals surface area contributed by atoms with Gasteiger partial charge in [-0.1, -0.05) is 53.5 Å². The van der Waals surface area contributed by atoms with Crippen molar-refractivity contribution in [1.82, 2.24) is 9.38 Å². The molecule has 1 amide bonds. The van der Waals surface area contributed by atoms with E-state index in [9.17, 15) is 4.79 Å². The van der Waals surface area contributed by atoms with Gasteiger partial charge in [0.2, 0.25) is 0 Å². The third kappa shape index (κ3) is 4.21. The quantitative estimate of drug-likeness (QED) is 0.450. The van der Waals surface area contributed by atoms with Crippen molar-refractivity contribution in [2.45, 2.75) is 6.92 Å². The van der Waals surface area contributed by atoms with Crippen molar-refractivity contribution in [2.24, 2.45) is 0 Å². The number of halogens is 2. The van der Waals surface area contributed by atoms with Gasteiger partial charge in [0.1, 0.15) is 22.9 Å². The number of nitrogens with zero attached hydrogens (tertiary/aromatic N) is 2. The molecule has 7 heteroatoms. The predicted octanol–water partition coefficient (Wildman–Crippen LogP) is 5.63. The first-order valence-electron chi connectivity index (χ1n) is 8.93. The fraction of sp³-hybridized carbons (Fsp3) is 0.0909. The van der Waals surface area contributed by atoms with Crippen molar-refractivity contribution < 1.29 is 9.53 Å². The minimum atomic E-state index is -0.324. The molecule has 2 heterocycles. The second-order valence-electron chi connectivity index (χ2n) is 6.52. The standard InChI is InChI=1S/C22H17Cl2N3O2/c1-14-9-10-27-19(11-14)25-21(15-5-3-2-4-6-15)22(27)26-20(28)13-29-18-8-7-16(23)12-17(18)24/h2-12H,13H2,1H3,(H,26,28). The second kappa shape index (κ2) is 8.15. The van der Waals surface area contributed by atoms with Gasteiger partial charge in [0.05, 0.1) is 5.02 Å². The minimum absolute atomic E-state index is 0.200. The Labute approximate surface area is 177 Å². The highest BCUT2D eigenvalue weighted by atomic mass is 35.5. The molecule has 4 aromatic rings. The Balaban J connectivity index is 1.61. The molecule has 2 aromatic heterocycles. The Bertz CT molecular complexity index is 1190. The van der Waals surface area contributed by atoms with E-state index in [4.69, 9.17) is 32.9 Å². The van der Waals surface area contributed by atoms with Gasteiger partial charge in [-0.3, -0.25) is 9.20 Å². The molecule has 2 aromatic carbocycles. The lowest BCUT2D eigenvalue weighted by atomic mass is 10.1. The van der Waals surface area contributed by atoms with E-state index in [-0.39, 0.29) is 12.5 Å². The van der Waals surface area contributed by atoms with Crippen molar-refractivity contribution in [2.75, 3.05) is 11.9 Å². The van der Waals surface area contributed by atoms with Crippen LogP contribution in [0.15, 0.2) is 66.9 Å². The molecule has 0 atom stereocenters. The van der Waals surface area contributed by atoms with Gasteiger partial charge in [-0.25, -0.2) is 4.98 Å². The lowest BCUT2D eigenvalue weighted by Crippen LogP contribution is -2.21. The normalized spacial score (nSPS) is 10.9. The number of amides is 1. The number of ether oxygens (including phenoxy) is 1. The number of nitrogens with one attached hydrogen (secondary N) is 1. The number of aryl methyl sites for hydroxylation is 1. The lowest BCUT2D eigenvalue weighted by molar-refractivity contribution is -0.118. The van der Waals surface area contributed by atoms with Crippen LogP contribution in [0.2, 0.25) is 10.0 Å². The van der Waals surface area contributed by atoms with Crippen LogP contribution in [-0.4, -0.2) is 21.9 Å². The summed E-state index contributed by atoms with van der Waals surface area (Å²) < 4.78 is 7.40. The molecule has 0 aliphatic rings. The molecule has 0 unspecified atom stereocenters. The molecule has 1 N–H and O–H groups in total. The maximum absolute atomic E-state index is 12.6. The molecule has 0 radical (unpaired) electrons. The summed E-state index contributed by atoms with van der Waals surface area (Å²) in [4.78, 5) is 17.3. The maximum atomic E-state index is 12.6. The largest absolute Gasteiger partial charge is 0.482 e. The van der Waals surface area contributed by atoms with Crippen LogP contribution in [0.4, 0.5) is 5.82 Å². The highest BCUT2D eigenvalue weighted by Gasteiger charge is 2.17. The Morgan fingerprint density at radius 1 is 1.10 bits per heavy atom. The number of hydrogen-bond donors (Lipinski definition) is 1. The summed E-state index contributed by atoms with van der Waals surface area (Å²) >= 11 is 12.0. The number of hydrogen-bond acceptors (Lipinski definition) is 3. The van der Waals surface area contributed by atoms with Crippen LogP contribution in [0.5, 0.6) is 5.75 Å². The van der Waals surface area contributed by atoms with E-state index in [1.165, 1.54) is 0 Å². The number of imidazole rings is 1. The van der Waals surface area contributed by atoms with Gasteiger partial charge in [-0.15, -0.1) is 0 Å². The number of rotatable bonds is 5. The van der Waals surface area contributed by atoms with Crippen LogP contribution in [0, 0.1) is 6.92 Å². The SMILES string of the molecule is Cc1ccn2c(NC(=O)COc3ccc(Cl)cc3Cl)c(-c3ccccc3)nc2c1. The Morgan fingerprint density at radius 3 is 2.66 bits per heavy atom. The summed E-state index contributed by atoms with van der Waals surface area (Å²) in [5, 5.41) is 3.77. The van der Waals surface area contributed by atoms with Gasteiger partial charge < -0.3 is 10.1 Å². The van der Waals surface area contributed by atoms with E-state index in [0.717, 1.165) is 16.8 Å². The number of pyridine rings is 1. The third-order valence-electron chi connectivity index (χ3n) is 4.34. The van der Waals surface area contributed by atoms with Crippen LogP contribution < -0.4 is 10.1 Å². The first kappa shape index (κ1) is 19.3. The van der Waals surface area contributed by atoms with E-state index in [0.29, 0.717) is 27.3 Å². The van der Waals surface area contributed by atoms with Crippen LogP contribution >= 0.6 is 23.2 Å². The second-order valence-corrected chi connectivity index (χ2v) is 7.36. The topological polar surface area (TPSA) is 55.6 Å². The maximum Gasteiger partial charge on any atom is 0.263 e. The lowest BCUT2D eigenvalue weighted by Gasteiger charge is -2.10. The number of carbonyl (C=O) groups excluding carboxylic acids is 1. The van der Waals surface area contributed by atoms with Gasteiger partial charge in [0.25, 0.3) is 5.91 Å². The molecule has 0 spiro atoms. The fourth-order valence-electron chi connectivity index (χ4n) is 2.97. The fourth-order valence-corrected chi connectivity index (χ4v) is 3.43. The summed E-state index contributed by atoms with van der Waals surface area (Å²) in [7, 11) is 0. The molecule has 146 valence electrons. The zero-order valence-electron chi connectivity index (χ0n) is 15.5. The van der Waals surface area contributed by atoms with Crippen LogP contribution in [0.3, 0.4) is 0 Å². The monoisotopic (exact) mass is 425 g/mol. The summed E-state index contributed by atoms with van der Waals surface area (Å²) in [6.07, 6.45) is 1.89. The van der Waals surface area contributed by atoms with Crippen LogP contribution in [-0.2, 0) is 4.79 Å². The smallest absolute Gasteiger partial charge is 0.263 e. The Morgan fingerprint density at radius 2 is 1.90 bits per heavy atom. The van der Waals surface area contributed by atoms with Gasteiger partial charge in [0, 0.05) is 16.8 Å². The predicted molar refractivity (Wildman–Crippen MR) is 116 cm³/mol. The first-order valence-corrected chi connectivity index (χ1v) is 9.69. The third-order valence-corrected chi connectivity index (χ3v) is 4.87. The molecule has 0 saturated heterocycles. The summed E-state index contributed by atoms with van der Waals surface area (Å²) in [6, 6.07) is 18.5. The van der Waals surface area contributed by atoms with E-state index in [1.807, 2.05) is 60.0 Å². The number of benzene rings is 2. The Kier molecular flexibility index (Phi) is 5.43. The highest BCUT2D eigenvalue weighted by molar-refractivity contribution is 6.35. The van der Waals surface area contributed by atoms with Crippen molar-refractivity contribution in [3.05, 3.63) is 82.5 Å². The average Bonchev–Trinajstić information content (AvgIpc) is 3.05. The summed E-state index contributed by atoms with van der Waals surface area (Å²) in [5.74, 6) is 0.654.